The van der Waals surface area contributed by atoms with Gasteiger partial charge in [0.2, 0.25) is 0 Å². The van der Waals surface area contributed by atoms with E-state index in [9.17, 15) is 0 Å². The summed E-state index contributed by atoms with van der Waals surface area (Å²) in [6.07, 6.45) is 1.84. The third kappa shape index (κ3) is 3.86. The lowest BCUT2D eigenvalue weighted by atomic mass is 10.0. The summed E-state index contributed by atoms with van der Waals surface area (Å²) in [7, 11) is 0. The maximum atomic E-state index is 6.17. The van der Waals surface area contributed by atoms with E-state index in [1.165, 1.54) is 46.0 Å². The summed E-state index contributed by atoms with van der Waals surface area (Å²) in [6, 6.07) is 49.9. The molecule has 10 rings (SSSR count). The van der Waals surface area contributed by atoms with Crippen molar-refractivity contribution < 1.29 is 4.42 Å². The molecule has 0 fully saturated rings. The van der Waals surface area contributed by atoms with Crippen LogP contribution in [0.1, 0.15) is 0 Å². The average Bonchev–Trinajstić information content (AvgIpc) is 3.80. The molecule has 216 valence electrons. The molecule has 0 aliphatic heterocycles. The van der Waals surface area contributed by atoms with Crippen molar-refractivity contribution in [3.05, 3.63) is 146 Å². The number of hydrogen-bond donors (Lipinski definition) is 0. The van der Waals surface area contributed by atoms with Crippen molar-refractivity contribution in [3.63, 3.8) is 0 Å². The molecule has 0 atom stereocenters. The maximum Gasteiger partial charge on any atom is 0.139 e. The molecule has 46 heavy (non-hydrogen) atoms. The van der Waals surface area contributed by atoms with Crippen molar-refractivity contribution in [2.45, 2.75) is 0 Å². The molecule has 0 unspecified atom stereocenters. The molecule has 0 aliphatic rings. The van der Waals surface area contributed by atoms with Gasteiger partial charge < -0.3 is 9.32 Å². The van der Waals surface area contributed by atoms with Crippen LogP contribution in [-0.4, -0.2) is 4.98 Å². The van der Waals surface area contributed by atoms with E-state index in [0.717, 1.165) is 44.6 Å². The summed E-state index contributed by atoms with van der Waals surface area (Å²) in [5.74, 6) is 0. The van der Waals surface area contributed by atoms with Crippen LogP contribution in [0, 0.1) is 0 Å². The Hall–Kier alpha value is -5.49. The third-order valence-electron chi connectivity index (χ3n) is 8.93. The van der Waals surface area contributed by atoms with Gasteiger partial charge in [-0.3, -0.25) is 4.98 Å². The lowest BCUT2D eigenvalue weighted by Crippen LogP contribution is -2.10. The van der Waals surface area contributed by atoms with Crippen LogP contribution >= 0.6 is 22.7 Å². The first-order chi connectivity index (χ1) is 22.8. The fourth-order valence-corrected chi connectivity index (χ4v) is 9.14. The third-order valence-corrected chi connectivity index (χ3v) is 11.3. The second-order valence-electron chi connectivity index (χ2n) is 11.5. The zero-order chi connectivity index (χ0) is 30.2. The van der Waals surface area contributed by atoms with Crippen LogP contribution in [0.4, 0.5) is 17.1 Å². The van der Waals surface area contributed by atoms with E-state index in [4.69, 9.17) is 9.40 Å². The fraction of sp³-hybridized carbons (Fsp3) is 0. The molecule has 0 radical (unpaired) electrons. The number of rotatable bonds is 4. The Morgan fingerprint density at radius 3 is 2.02 bits per heavy atom. The predicted octanol–water partition coefficient (Wildman–Crippen LogP) is 12.9. The van der Waals surface area contributed by atoms with Crippen LogP contribution in [0.2, 0.25) is 0 Å². The van der Waals surface area contributed by atoms with E-state index < -0.39 is 0 Å². The van der Waals surface area contributed by atoms with E-state index in [1.807, 2.05) is 47.1 Å². The minimum Gasteiger partial charge on any atom is -0.456 e. The second-order valence-corrected chi connectivity index (χ2v) is 13.7. The monoisotopic (exact) mass is 624 g/mol. The lowest BCUT2D eigenvalue weighted by molar-refractivity contribution is 0.668. The molecule has 0 amide bonds. The molecule has 10 aromatic rings. The zero-order valence-electron chi connectivity index (χ0n) is 24.5. The van der Waals surface area contributed by atoms with Crippen LogP contribution in [-0.2, 0) is 0 Å². The number of thiophene rings is 2. The van der Waals surface area contributed by atoms with Gasteiger partial charge in [0.1, 0.15) is 11.2 Å². The number of nitrogens with zero attached hydrogens (tertiary/aromatic N) is 2. The number of furan rings is 1. The molecule has 0 saturated heterocycles. The number of fused-ring (bicyclic) bond motifs is 9. The van der Waals surface area contributed by atoms with E-state index in [0.29, 0.717) is 0 Å². The van der Waals surface area contributed by atoms with Gasteiger partial charge in [-0.2, -0.15) is 0 Å². The van der Waals surface area contributed by atoms with Gasteiger partial charge in [-0.1, -0.05) is 78.9 Å². The first-order valence-corrected chi connectivity index (χ1v) is 16.9. The highest BCUT2D eigenvalue weighted by Crippen LogP contribution is 2.46. The van der Waals surface area contributed by atoms with Gasteiger partial charge >= 0.3 is 0 Å². The summed E-state index contributed by atoms with van der Waals surface area (Å²) >= 11 is 3.71. The zero-order valence-corrected chi connectivity index (χ0v) is 26.1. The van der Waals surface area contributed by atoms with E-state index >= 15 is 0 Å². The van der Waals surface area contributed by atoms with E-state index in [-0.39, 0.29) is 0 Å². The van der Waals surface area contributed by atoms with Gasteiger partial charge in [-0.05, 0) is 60.7 Å². The Bertz CT molecular complexity index is 2770. The molecule has 0 aliphatic carbocycles. The molecule has 0 N–H and O–H groups in total. The number of anilines is 3. The Morgan fingerprint density at radius 1 is 0.500 bits per heavy atom. The molecule has 4 heterocycles. The van der Waals surface area contributed by atoms with Crippen molar-refractivity contribution in [2.24, 2.45) is 0 Å². The number of aromatic nitrogens is 1. The molecule has 0 saturated carbocycles. The van der Waals surface area contributed by atoms with Crippen LogP contribution in [0.25, 0.3) is 73.5 Å². The standard InChI is InChI=1S/C41H24N2OS2/c1-4-13-34-31(10-1)39-35(44-34)22-23-42-40(39)25-16-18-26(19-17-25)43(27-20-21-38-32(24-27)29-9-3-5-14-36(29)45-38)33-12-7-11-30-28-8-2-6-15-37(28)46-41(30)33/h1-24H. The largest absolute Gasteiger partial charge is 0.456 e. The highest BCUT2D eigenvalue weighted by atomic mass is 32.1. The van der Waals surface area contributed by atoms with E-state index in [2.05, 4.69) is 126 Å². The SMILES string of the molecule is c1ccc2c(c1)oc1ccnc(-c3ccc(N(c4ccc5sc6ccccc6c5c4)c4cccc5c4sc4ccccc45)cc3)c12. The maximum absolute atomic E-state index is 6.17. The molecular weight excluding hydrogens is 601 g/mol. The second kappa shape index (κ2) is 10.0. The molecule has 3 nitrogen and oxygen atoms in total. The molecule has 0 bridgehead atoms. The number of pyridine rings is 1. The quantitative estimate of drug-likeness (QED) is 0.195. The minimum absolute atomic E-state index is 0.852. The normalized spacial score (nSPS) is 11.9. The Labute approximate surface area is 272 Å². The van der Waals surface area contributed by atoms with E-state index in [1.54, 1.807) is 0 Å². The number of benzene rings is 6. The number of hydrogen-bond acceptors (Lipinski definition) is 5. The van der Waals surface area contributed by atoms with Gasteiger partial charge in [-0.15, -0.1) is 22.7 Å². The molecule has 0 spiro atoms. The van der Waals surface area contributed by atoms with Gasteiger partial charge in [0.05, 0.1) is 21.5 Å². The molecular formula is C41H24N2OS2. The van der Waals surface area contributed by atoms with Gasteiger partial charge in [-0.25, -0.2) is 0 Å². The first kappa shape index (κ1) is 25.8. The Balaban J connectivity index is 1.19. The summed E-state index contributed by atoms with van der Waals surface area (Å²) in [5.41, 5.74) is 7.11. The van der Waals surface area contributed by atoms with Crippen molar-refractivity contribution in [2.75, 3.05) is 4.90 Å². The van der Waals surface area contributed by atoms with Crippen LogP contribution < -0.4 is 4.90 Å². The Morgan fingerprint density at radius 2 is 1.17 bits per heavy atom. The van der Waals surface area contributed by atoms with Crippen molar-refractivity contribution >= 4 is 102 Å². The predicted molar refractivity (Wildman–Crippen MR) is 197 cm³/mol. The van der Waals surface area contributed by atoms with Crippen molar-refractivity contribution in [3.8, 4) is 11.3 Å². The smallest absolute Gasteiger partial charge is 0.139 e. The Kier molecular flexibility index (Phi) is 5.61. The topological polar surface area (TPSA) is 29.3 Å². The van der Waals surface area contributed by atoms with Gasteiger partial charge in [0, 0.05) is 64.2 Å². The first-order valence-electron chi connectivity index (χ1n) is 15.3. The van der Waals surface area contributed by atoms with Gasteiger partial charge in [0.15, 0.2) is 0 Å². The van der Waals surface area contributed by atoms with Crippen molar-refractivity contribution in [1.29, 1.82) is 0 Å². The molecule has 6 aromatic carbocycles. The molecule has 5 heteroatoms. The summed E-state index contributed by atoms with van der Waals surface area (Å²) in [6.45, 7) is 0. The summed E-state index contributed by atoms with van der Waals surface area (Å²) in [5, 5.41) is 7.29. The highest BCUT2D eigenvalue weighted by molar-refractivity contribution is 7.26. The number of para-hydroxylation sites is 1. The van der Waals surface area contributed by atoms with Crippen molar-refractivity contribution in [1.82, 2.24) is 4.98 Å². The van der Waals surface area contributed by atoms with Crippen LogP contribution in [0.15, 0.2) is 150 Å². The lowest BCUT2D eigenvalue weighted by Gasteiger charge is -2.26. The summed E-state index contributed by atoms with van der Waals surface area (Å²) in [4.78, 5) is 7.25. The average molecular weight is 625 g/mol. The molecule has 4 aromatic heterocycles. The highest BCUT2D eigenvalue weighted by Gasteiger charge is 2.20. The van der Waals surface area contributed by atoms with Crippen LogP contribution in [0.3, 0.4) is 0 Å². The fourth-order valence-electron chi connectivity index (χ4n) is 6.85. The van der Waals surface area contributed by atoms with Gasteiger partial charge in [0.25, 0.3) is 0 Å². The summed E-state index contributed by atoms with van der Waals surface area (Å²) < 4.78 is 11.4. The van der Waals surface area contributed by atoms with Crippen LogP contribution in [0.5, 0.6) is 0 Å². The minimum atomic E-state index is 0.852.